The van der Waals surface area contributed by atoms with Crippen molar-refractivity contribution in [1.82, 2.24) is 4.90 Å². The van der Waals surface area contributed by atoms with Gasteiger partial charge in [-0.1, -0.05) is 73.5 Å². The van der Waals surface area contributed by atoms with Crippen molar-refractivity contribution in [3.05, 3.63) is 77.9 Å². The highest BCUT2D eigenvalue weighted by Crippen LogP contribution is 2.02. The molecule has 2 aromatic rings. The molecule has 2 heteroatoms. The smallest absolute Gasteiger partial charge is 0.299 e. The molecule has 0 spiro atoms. The summed E-state index contributed by atoms with van der Waals surface area (Å²) in [5.41, 5.74) is 1.99. The highest BCUT2D eigenvalue weighted by molar-refractivity contribution is 5.94. The predicted molar refractivity (Wildman–Crippen MR) is 95.7 cm³/mol. The first-order chi connectivity index (χ1) is 11.3. The van der Waals surface area contributed by atoms with Gasteiger partial charge in [0.05, 0.1) is 0 Å². The van der Waals surface area contributed by atoms with Gasteiger partial charge in [-0.25, -0.2) is 0 Å². The van der Waals surface area contributed by atoms with Crippen LogP contribution < -0.4 is 0 Å². The number of carbonyl (C=O) groups is 1. The summed E-state index contributed by atoms with van der Waals surface area (Å²) in [6.07, 6.45) is 4.95. The number of nitrogens with zero attached hydrogens (tertiary/aromatic N) is 1. The van der Waals surface area contributed by atoms with Gasteiger partial charge in [-0.2, -0.15) is 0 Å². The Bertz CT molecular complexity index is 693. The van der Waals surface area contributed by atoms with Crippen LogP contribution in [0.2, 0.25) is 0 Å². The van der Waals surface area contributed by atoms with Crippen LogP contribution in [0.1, 0.15) is 24.5 Å². The third-order valence-corrected chi connectivity index (χ3v) is 3.30. The van der Waals surface area contributed by atoms with Gasteiger partial charge in [-0.05, 0) is 24.1 Å². The molecule has 2 rings (SSSR count). The maximum absolute atomic E-state index is 12.3. The standard InChI is InChI=1S/C21H21NO/c1-2-17-22(18-9-14-19-10-5-3-6-11-19)21(23)16-15-20-12-7-4-8-13-20/h3-14H,2,17-18H2,1H3/b14-9+. The predicted octanol–water partition coefficient (Wildman–Crippen LogP) is 3.99. The van der Waals surface area contributed by atoms with Crippen LogP contribution in [-0.2, 0) is 4.79 Å². The van der Waals surface area contributed by atoms with Gasteiger partial charge >= 0.3 is 0 Å². The van der Waals surface area contributed by atoms with E-state index >= 15 is 0 Å². The SMILES string of the molecule is CCCN(C/C=C/c1ccccc1)C(=O)C#Cc1ccccc1. The summed E-state index contributed by atoms with van der Waals surface area (Å²) in [4.78, 5) is 14.0. The van der Waals surface area contributed by atoms with Crippen LogP contribution in [0, 0.1) is 11.8 Å². The van der Waals surface area contributed by atoms with Crippen molar-refractivity contribution in [1.29, 1.82) is 0 Å². The Morgan fingerprint density at radius 2 is 1.70 bits per heavy atom. The van der Waals surface area contributed by atoms with E-state index in [1.807, 2.05) is 72.8 Å². The van der Waals surface area contributed by atoms with Crippen LogP contribution in [0.3, 0.4) is 0 Å². The third kappa shape index (κ3) is 5.84. The normalized spacial score (nSPS) is 10.1. The van der Waals surface area contributed by atoms with Crippen LogP contribution in [0.5, 0.6) is 0 Å². The van der Waals surface area contributed by atoms with Gasteiger partial charge in [0.25, 0.3) is 5.91 Å². The summed E-state index contributed by atoms with van der Waals surface area (Å²) in [5.74, 6) is 5.53. The van der Waals surface area contributed by atoms with Gasteiger partial charge in [0.15, 0.2) is 0 Å². The van der Waals surface area contributed by atoms with E-state index in [4.69, 9.17) is 0 Å². The van der Waals surface area contributed by atoms with E-state index in [0.717, 1.165) is 17.5 Å². The first kappa shape index (κ1) is 16.6. The molecule has 0 radical (unpaired) electrons. The fourth-order valence-electron chi connectivity index (χ4n) is 2.15. The molecule has 0 heterocycles. The van der Waals surface area contributed by atoms with Crippen molar-refractivity contribution in [3.8, 4) is 11.8 Å². The lowest BCUT2D eigenvalue weighted by Crippen LogP contribution is -2.30. The van der Waals surface area contributed by atoms with Crippen LogP contribution in [0.15, 0.2) is 66.7 Å². The average molecular weight is 303 g/mol. The number of hydrogen-bond donors (Lipinski definition) is 0. The van der Waals surface area contributed by atoms with E-state index in [1.54, 1.807) is 4.90 Å². The van der Waals surface area contributed by atoms with Crippen molar-refractivity contribution in [2.45, 2.75) is 13.3 Å². The Morgan fingerprint density at radius 3 is 2.35 bits per heavy atom. The summed E-state index contributed by atoms with van der Waals surface area (Å²) in [5, 5.41) is 0. The molecule has 0 aliphatic heterocycles. The van der Waals surface area contributed by atoms with Gasteiger partial charge in [0.2, 0.25) is 0 Å². The quantitative estimate of drug-likeness (QED) is 0.765. The molecule has 2 aromatic carbocycles. The molecule has 2 nitrogen and oxygen atoms in total. The van der Waals surface area contributed by atoms with Crippen LogP contribution in [0.4, 0.5) is 0 Å². The minimum absolute atomic E-state index is 0.131. The summed E-state index contributed by atoms with van der Waals surface area (Å²) >= 11 is 0. The molecule has 0 aromatic heterocycles. The number of rotatable bonds is 5. The van der Waals surface area contributed by atoms with E-state index < -0.39 is 0 Å². The van der Waals surface area contributed by atoms with Gasteiger partial charge in [-0.3, -0.25) is 4.79 Å². The minimum Gasteiger partial charge on any atom is -0.328 e. The zero-order valence-electron chi connectivity index (χ0n) is 13.4. The monoisotopic (exact) mass is 303 g/mol. The molecule has 0 aliphatic carbocycles. The van der Waals surface area contributed by atoms with E-state index in [0.29, 0.717) is 13.1 Å². The zero-order chi connectivity index (χ0) is 16.3. The zero-order valence-corrected chi connectivity index (χ0v) is 13.4. The fraction of sp³-hybridized carbons (Fsp3) is 0.190. The van der Waals surface area contributed by atoms with Crippen LogP contribution >= 0.6 is 0 Å². The number of amides is 1. The van der Waals surface area contributed by atoms with Crippen molar-refractivity contribution in [2.75, 3.05) is 13.1 Å². The Labute approximate surface area is 138 Å². The number of hydrogen-bond acceptors (Lipinski definition) is 1. The molecule has 23 heavy (non-hydrogen) atoms. The molecule has 0 aliphatic rings. The molecular weight excluding hydrogens is 282 g/mol. The second-order valence-electron chi connectivity index (χ2n) is 5.18. The Morgan fingerprint density at radius 1 is 1.04 bits per heavy atom. The van der Waals surface area contributed by atoms with Crippen molar-refractivity contribution >= 4 is 12.0 Å². The molecule has 0 fully saturated rings. The maximum atomic E-state index is 12.3. The molecule has 0 saturated carbocycles. The highest BCUT2D eigenvalue weighted by Gasteiger charge is 2.07. The molecular formula is C21H21NO. The lowest BCUT2D eigenvalue weighted by molar-refractivity contribution is -0.124. The van der Waals surface area contributed by atoms with E-state index in [-0.39, 0.29) is 5.91 Å². The highest BCUT2D eigenvalue weighted by atomic mass is 16.2. The van der Waals surface area contributed by atoms with Gasteiger partial charge in [0.1, 0.15) is 0 Å². The maximum Gasteiger partial charge on any atom is 0.299 e. The number of carbonyl (C=O) groups excluding carboxylic acids is 1. The lowest BCUT2D eigenvalue weighted by Gasteiger charge is -2.17. The molecule has 0 N–H and O–H groups in total. The molecule has 0 bridgehead atoms. The lowest BCUT2D eigenvalue weighted by atomic mass is 10.2. The largest absolute Gasteiger partial charge is 0.328 e. The molecule has 0 saturated heterocycles. The Hall–Kier alpha value is -2.79. The van der Waals surface area contributed by atoms with Crippen molar-refractivity contribution in [3.63, 3.8) is 0 Å². The third-order valence-electron chi connectivity index (χ3n) is 3.30. The molecule has 116 valence electrons. The second-order valence-corrected chi connectivity index (χ2v) is 5.18. The topological polar surface area (TPSA) is 20.3 Å². The summed E-state index contributed by atoms with van der Waals surface area (Å²) in [6.45, 7) is 3.35. The summed E-state index contributed by atoms with van der Waals surface area (Å²) < 4.78 is 0. The van der Waals surface area contributed by atoms with E-state index in [2.05, 4.69) is 18.8 Å². The number of benzene rings is 2. The summed E-state index contributed by atoms with van der Waals surface area (Å²) in [6, 6.07) is 19.6. The van der Waals surface area contributed by atoms with Crippen molar-refractivity contribution in [2.24, 2.45) is 0 Å². The molecule has 0 unspecified atom stereocenters. The Balaban J connectivity index is 1.99. The second kappa shape index (κ2) is 9.27. The van der Waals surface area contributed by atoms with E-state index in [1.165, 1.54) is 0 Å². The minimum atomic E-state index is -0.131. The van der Waals surface area contributed by atoms with Crippen LogP contribution in [0.25, 0.3) is 6.08 Å². The molecule has 1 amide bonds. The van der Waals surface area contributed by atoms with Crippen LogP contribution in [-0.4, -0.2) is 23.9 Å². The Kier molecular flexibility index (Phi) is 6.68. The van der Waals surface area contributed by atoms with Gasteiger partial charge in [0, 0.05) is 24.6 Å². The van der Waals surface area contributed by atoms with Crippen molar-refractivity contribution < 1.29 is 4.79 Å². The fourth-order valence-corrected chi connectivity index (χ4v) is 2.15. The first-order valence-electron chi connectivity index (χ1n) is 7.87. The average Bonchev–Trinajstić information content (AvgIpc) is 2.61. The first-order valence-corrected chi connectivity index (χ1v) is 7.87. The van der Waals surface area contributed by atoms with Gasteiger partial charge < -0.3 is 4.90 Å². The molecule has 0 atom stereocenters. The summed E-state index contributed by atoms with van der Waals surface area (Å²) in [7, 11) is 0. The van der Waals surface area contributed by atoms with Gasteiger partial charge in [-0.15, -0.1) is 0 Å². The van der Waals surface area contributed by atoms with E-state index in [9.17, 15) is 4.79 Å².